The number of morpholine rings is 1. The summed E-state index contributed by atoms with van der Waals surface area (Å²) < 4.78 is 5.72. The number of para-hydroxylation sites is 1. The number of carbonyl (C=O) groups is 1. The molecule has 23 heavy (non-hydrogen) atoms. The molecule has 6 heteroatoms. The first kappa shape index (κ1) is 18.0. The van der Waals surface area contributed by atoms with Crippen LogP contribution in [-0.4, -0.2) is 55.7 Å². The number of nitrogens with zero attached hydrogens (tertiary/aromatic N) is 2. The SMILES string of the molecule is CC1CN(C(=O)CN2CCNCc3ccccc32)CC(C)O1.Cl. The lowest BCUT2D eigenvalue weighted by molar-refractivity contribution is -0.141. The number of benzene rings is 1. The van der Waals surface area contributed by atoms with Crippen molar-refractivity contribution >= 4 is 24.0 Å². The normalized spacial score (nSPS) is 24.4. The third kappa shape index (κ3) is 4.37. The lowest BCUT2D eigenvalue weighted by atomic mass is 10.1. The van der Waals surface area contributed by atoms with Gasteiger partial charge in [-0.3, -0.25) is 4.79 Å². The van der Waals surface area contributed by atoms with Gasteiger partial charge in [0.2, 0.25) is 5.91 Å². The number of rotatable bonds is 2. The zero-order valence-electron chi connectivity index (χ0n) is 13.8. The predicted octanol–water partition coefficient (Wildman–Crippen LogP) is 1.65. The van der Waals surface area contributed by atoms with E-state index in [9.17, 15) is 4.79 Å². The van der Waals surface area contributed by atoms with E-state index in [1.807, 2.05) is 24.8 Å². The maximum absolute atomic E-state index is 12.7. The summed E-state index contributed by atoms with van der Waals surface area (Å²) in [6.07, 6.45) is 0.233. The van der Waals surface area contributed by atoms with Crippen LogP contribution in [0.25, 0.3) is 0 Å². The summed E-state index contributed by atoms with van der Waals surface area (Å²) in [6, 6.07) is 8.34. The van der Waals surface area contributed by atoms with E-state index < -0.39 is 0 Å². The van der Waals surface area contributed by atoms with Gasteiger partial charge in [-0.15, -0.1) is 12.4 Å². The first-order chi connectivity index (χ1) is 10.6. The summed E-state index contributed by atoms with van der Waals surface area (Å²) >= 11 is 0. The molecule has 1 fully saturated rings. The molecule has 2 aliphatic heterocycles. The van der Waals surface area contributed by atoms with E-state index in [1.165, 1.54) is 11.3 Å². The van der Waals surface area contributed by atoms with Crippen LogP contribution in [-0.2, 0) is 16.1 Å². The van der Waals surface area contributed by atoms with Gasteiger partial charge < -0.3 is 19.9 Å². The molecule has 128 valence electrons. The predicted molar refractivity (Wildman–Crippen MR) is 94.2 cm³/mol. The molecular weight excluding hydrogens is 314 g/mol. The van der Waals surface area contributed by atoms with Crippen molar-refractivity contribution in [2.45, 2.75) is 32.6 Å². The molecule has 3 rings (SSSR count). The van der Waals surface area contributed by atoms with Crippen molar-refractivity contribution in [2.75, 3.05) is 37.6 Å². The summed E-state index contributed by atoms with van der Waals surface area (Å²) in [5.41, 5.74) is 2.44. The molecule has 2 aliphatic rings. The first-order valence-electron chi connectivity index (χ1n) is 8.10. The second-order valence-corrected chi connectivity index (χ2v) is 6.28. The zero-order valence-corrected chi connectivity index (χ0v) is 14.6. The Morgan fingerprint density at radius 1 is 1.26 bits per heavy atom. The Bertz CT molecular complexity index is 530. The molecule has 0 saturated carbocycles. The van der Waals surface area contributed by atoms with E-state index >= 15 is 0 Å². The molecule has 1 N–H and O–H groups in total. The van der Waals surface area contributed by atoms with Gasteiger partial charge in [-0.2, -0.15) is 0 Å². The largest absolute Gasteiger partial charge is 0.372 e. The van der Waals surface area contributed by atoms with Crippen molar-refractivity contribution in [1.82, 2.24) is 10.2 Å². The average Bonchev–Trinajstić information content (AvgIpc) is 2.69. The smallest absolute Gasteiger partial charge is 0.242 e. The Hall–Kier alpha value is -1.30. The third-order valence-electron chi connectivity index (χ3n) is 4.30. The quantitative estimate of drug-likeness (QED) is 0.890. The Morgan fingerprint density at radius 3 is 2.70 bits per heavy atom. The standard InChI is InChI=1S/C17H25N3O2.ClH/c1-13-10-20(11-14(2)22-13)17(21)12-19-8-7-18-9-15-5-3-4-6-16(15)19;/h3-6,13-14,18H,7-12H2,1-2H3;1H. The number of fused-ring (bicyclic) bond motifs is 1. The van der Waals surface area contributed by atoms with E-state index in [2.05, 4.69) is 28.4 Å². The van der Waals surface area contributed by atoms with Gasteiger partial charge in [0.25, 0.3) is 0 Å². The second-order valence-electron chi connectivity index (χ2n) is 6.28. The molecule has 0 aromatic heterocycles. The minimum Gasteiger partial charge on any atom is -0.372 e. The number of hydrogen-bond donors (Lipinski definition) is 1. The van der Waals surface area contributed by atoms with Gasteiger partial charge >= 0.3 is 0 Å². The maximum Gasteiger partial charge on any atom is 0.242 e. The number of amides is 1. The molecule has 0 aliphatic carbocycles. The van der Waals surface area contributed by atoms with Crippen LogP contribution < -0.4 is 10.2 Å². The van der Waals surface area contributed by atoms with Crippen LogP contribution in [0.2, 0.25) is 0 Å². The summed E-state index contributed by atoms with van der Waals surface area (Å²) in [6.45, 7) is 8.51. The van der Waals surface area contributed by atoms with E-state index in [0.717, 1.165) is 19.6 Å². The number of anilines is 1. The van der Waals surface area contributed by atoms with Crippen LogP contribution in [0.4, 0.5) is 5.69 Å². The molecule has 2 heterocycles. The molecule has 2 unspecified atom stereocenters. The monoisotopic (exact) mass is 339 g/mol. The van der Waals surface area contributed by atoms with Gasteiger partial charge in [0.15, 0.2) is 0 Å². The molecule has 0 radical (unpaired) electrons. The Morgan fingerprint density at radius 2 is 1.96 bits per heavy atom. The summed E-state index contributed by atoms with van der Waals surface area (Å²) in [5.74, 6) is 0.193. The second kappa shape index (κ2) is 7.99. The topological polar surface area (TPSA) is 44.8 Å². The van der Waals surface area contributed by atoms with Crippen LogP contribution in [0.1, 0.15) is 19.4 Å². The van der Waals surface area contributed by atoms with Crippen LogP contribution in [0.5, 0.6) is 0 Å². The van der Waals surface area contributed by atoms with E-state index in [4.69, 9.17) is 4.74 Å². The van der Waals surface area contributed by atoms with Crippen LogP contribution >= 0.6 is 12.4 Å². The summed E-state index contributed by atoms with van der Waals surface area (Å²) in [4.78, 5) is 16.8. The third-order valence-corrected chi connectivity index (χ3v) is 4.30. The molecule has 5 nitrogen and oxygen atoms in total. The van der Waals surface area contributed by atoms with Gasteiger partial charge in [-0.05, 0) is 25.5 Å². The number of halogens is 1. The lowest BCUT2D eigenvalue weighted by Gasteiger charge is -2.36. The highest BCUT2D eigenvalue weighted by molar-refractivity contribution is 5.85. The Kier molecular flexibility index (Phi) is 6.27. The average molecular weight is 340 g/mol. The Balaban J connectivity index is 0.00000192. The molecule has 0 spiro atoms. The van der Waals surface area contributed by atoms with Crippen LogP contribution in [0, 0.1) is 0 Å². The van der Waals surface area contributed by atoms with Gasteiger partial charge in [-0.1, -0.05) is 18.2 Å². The molecule has 0 bridgehead atoms. The van der Waals surface area contributed by atoms with E-state index in [-0.39, 0.29) is 30.5 Å². The molecule has 2 atom stereocenters. The minimum absolute atomic E-state index is 0. The number of ether oxygens (including phenoxy) is 1. The van der Waals surface area contributed by atoms with Gasteiger partial charge in [0, 0.05) is 38.4 Å². The minimum atomic E-state index is 0. The van der Waals surface area contributed by atoms with Crippen molar-refractivity contribution < 1.29 is 9.53 Å². The molecule has 1 aromatic carbocycles. The molecule has 1 aromatic rings. The highest BCUT2D eigenvalue weighted by atomic mass is 35.5. The number of carbonyl (C=O) groups excluding carboxylic acids is 1. The van der Waals surface area contributed by atoms with Crippen molar-refractivity contribution in [3.63, 3.8) is 0 Å². The summed E-state index contributed by atoms with van der Waals surface area (Å²) in [5, 5.41) is 3.41. The van der Waals surface area contributed by atoms with E-state index in [0.29, 0.717) is 19.6 Å². The van der Waals surface area contributed by atoms with Crippen LogP contribution in [0.3, 0.4) is 0 Å². The summed E-state index contributed by atoms with van der Waals surface area (Å²) in [7, 11) is 0. The zero-order chi connectivity index (χ0) is 15.5. The van der Waals surface area contributed by atoms with Gasteiger partial charge in [0.1, 0.15) is 0 Å². The van der Waals surface area contributed by atoms with Gasteiger partial charge in [0.05, 0.1) is 18.8 Å². The maximum atomic E-state index is 12.7. The van der Waals surface area contributed by atoms with Crippen molar-refractivity contribution in [1.29, 1.82) is 0 Å². The fourth-order valence-electron chi connectivity index (χ4n) is 3.34. The number of hydrogen-bond acceptors (Lipinski definition) is 4. The van der Waals surface area contributed by atoms with Crippen molar-refractivity contribution in [2.24, 2.45) is 0 Å². The Labute approximate surface area is 144 Å². The molecular formula is C17H26ClN3O2. The highest BCUT2D eigenvalue weighted by Crippen LogP contribution is 2.22. The fourth-order valence-corrected chi connectivity index (χ4v) is 3.34. The number of nitrogens with one attached hydrogen (secondary N) is 1. The van der Waals surface area contributed by atoms with Gasteiger partial charge in [-0.25, -0.2) is 0 Å². The van der Waals surface area contributed by atoms with E-state index in [1.54, 1.807) is 0 Å². The first-order valence-corrected chi connectivity index (χ1v) is 8.10. The fraction of sp³-hybridized carbons (Fsp3) is 0.588. The lowest BCUT2D eigenvalue weighted by Crippen LogP contribution is -2.51. The highest BCUT2D eigenvalue weighted by Gasteiger charge is 2.27. The van der Waals surface area contributed by atoms with Crippen molar-refractivity contribution in [3.05, 3.63) is 29.8 Å². The van der Waals surface area contributed by atoms with Crippen LogP contribution in [0.15, 0.2) is 24.3 Å². The van der Waals surface area contributed by atoms with Crippen molar-refractivity contribution in [3.8, 4) is 0 Å². The molecule has 1 amide bonds. The molecule has 1 saturated heterocycles.